The van der Waals surface area contributed by atoms with E-state index in [1.54, 1.807) is 0 Å². The van der Waals surface area contributed by atoms with Crippen molar-refractivity contribution in [3.05, 3.63) is 22.4 Å². The first-order chi connectivity index (χ1) is 8.25. The molecule has 0 aromatic carbocycles. The highest BCUT2D eigenvalue weighted by Gasteiger charge is 2.39. The van der Waals surface area contributed by atoms with Gasteiger partial charge in [0.25, 0.3) is 0 Å². The maximum Gasteiger partial charge on any atom is 0.0593 e. The predicted molar refractivity (Wildman–Crippen MR) is 73.2 cm³/mol. The molecule has 1 aromatic heterocycles. The van der Waals surface area contributed by atoms with Crippen LogP contribution >= 0.6 is 11.3 Å². The first-order valence-electron chi connectivity index (χ1n) is 6.80. The van der Waals surface area contributed by atoms with Gasteiger partial charge in [-0.3, -0.25) is 4.90 Å². The van der Waals surface area contributed by atoms with Crippen molar-refractivity contribution < 1.29 is 0 Å². The molecule has 2 saturated carbocycles. The van der Waals surface area contributed by atoms with Gasteiger partial charge in [0.1, 0.15) is 0 Å². The molecule has 2 fully saturated rings. The highest BCUT2D eigenvalue weighted by Crippen LogP contribution is 2.41. The van der Waals surface area contributed by atoms with Crippen LogP contribution < -0.4 is 5.73 Å². The molecule has 0 saturated heterocycles. The lowest BCUT2D eigenvalue weighted by Crippen LogP contribution is -2.41. The summed E-state index contributed by atoms with van der Waals surface area (Å²) in [6.07, 6.45) is 5.61. The monoisotopic (exact) mass is 250 g/mol. The lowest BCUT2D eigenvalue weighted by molar-refractivity contribution is 0.161. The van der Waals surface area contributed by atoms with E-state index in [1.165, 1.54) is 37.1 Å². The van der Waals surface area contributed by atoms with Crippen LogP contribution in [0.1, 0.15) is 43.5 Å². The zero-order chi connectivity index (χ0) is 11.8. The van der Waals surface area contributed by atoms with Gasteiger partial charge in [-0.25, -0.2) is 0 Å². The standard InChI is InChI=1S/C14H22N2S/c1-10(15)14(13-3-2-8-17-13)16(12-6-7-12)9-11-4-5-11/h2-3,8,10-12,14H,4-7,9,15H2,1H3. The third-order valence-corrected chi connectivity index (χ3v) is 4.81. The Morgan fingerprint density at radius 1 is 1.41 bits per heavy atom. The molecule has 94 valence electrons. The molecule has 0 aliphatic heterocycles. The van der Waals surface area contributed by atoms with Gasteiger partial charge in [0.05, 0.1) is 6.04 Å². The van der Waals surface area contributed by atoms with Crippen LogP contribution in [0, 0.1) is 5.92 Å². The van der Waals surface area contributed by atoms with Gasteiger partial charge < -0.3 is 5.73 Å². The number of rotatable bonds is 6. The quantitative estimate of drug-likeness (QED) is 0.841. The Labute approximate surface area is 108 Å². The van der Waals surface area contributed by atoms with E-state index in [0.717, 1.165) is 12.0 Å². The van der Waals surface area contributed by atoms with Gasteiger partial charge in [-0.2, -0.15) is 0 Å². The zero-order valence-corrected chi connectivity index (χ0v) is 11.3. The van der Waals surface area contributed by atoms with Crippen LogP contribution in [0.15, 0.2) is 17.5 Å². The molecule has 0 bridgehead atoms. The zero-order valence-electron chi connectivity index (χ0n) is 10.5. The van der Waals surface area contributed by atoms with Crippen molar-refractivity contribution in [1.29, 1.82) is 0 Å². The third-order valence-electron chi connectivity index (χ3n) is 3.87. The predicted octanol–water partition coefficient (Wildman–Crippen LogP) is 3.01. The average molecular weight is 250 g/mol. The van der Waals surface area contributed by atoms with Gasteiger partial charge in [0.15, 0.2) is 0 Å². The second kappa shape index (κ2) is 4.71. The minimum absolute atomic E-state index is 0.230. The van der Waals surface area contributed by atoms with E-state index >= 15 is 0 Å². The lowest BCUT2D eigenvalue weighted by Gasteiger charge is -2.34. The van der Waals surface area contributed by atoms with E-state index in [9.17, 15) is 0 Å². The molecule has 17 heavy (non-hydrogen) atoms. The smallest absolute Gasteiger partial charge is 0.0593 e. The molecule has 3 heteroatoms. The second-order valence-electron chi connectivity index (χ2n) is 5.69. The van der Waals surface area contributed by atoms with Crippen LogP contribution in [0.5, 0.6) is 0 Å². The Bertz CT molecular complexity index is 352. The summed E-state index contributed by atoms with van der Waals surface area (Å²) in [7, 11) is 0. The molecule has 2 aliphatic carbocycles. The summed E-state index contributed by atoms with van der Waals surface area (Å²) in [5, 5.41) is 2.17. The van der Waals surface area contributed by atoms with Gasteiger partial charge in [-0.05, 0) is 50.0 Å². The Hall–Kier alpha value is -0.380. The highest BCUT2D eigenvalue weighted by atomic mass is 32.1. The number of nitrogens with two attached hydrogens (primary N) is 1. The van der Waals surface area contributed by atoms with E-state index in [1.807, 2.05) is 11.3 Å². The van der Waals surface area contributed by atoms with Crippen LogP contribution in [0.2, 0.25) is 0 Å². The SMILES string of the molecule is CC(N)C(c1cccs1)N(CC1CC1)C1CC1. The molecular formula is C14H22N2S. The summed E-state index contributed by atoms with van der Waals surface area (Å²) < 4.78 is 0. The van der Waals surface area contributed by atoms with Gasteiger partial charge in [-0.1, -0.05) is 6.07 Å². The van der Waals surface area contributed by atoms with Crippen LogP contribution in [0.3, 0.4) is 0 Å². The number of nitrogens with zero attached hydrogens (tertiary/aromatic N) is 1. The van der Waals surface area contributed by atoms with Crippen LogP contribution in [-0.4, -0.2) is 23.5 Å². The normalized spacial score (nSPS) is 23.9. The Kier molecular flexibility index (Phi) is 3.24. The number of hydrogen-bond acceptors (Lipinski definition) is 3. The molecule has 3 rings (SSSR count). The summed E-state index contributed by atoms with van der Waals surface area (Å²) in [5.41, 5.74) is 6.26. The van der Waals surface area contributed by atoms with Gasteiger partial charge in [0.2, 0.25) is 0 Å². The lowest BCUT2D eigenvalue weighted by atomic mass is 10.1. The number of thiophene rings is 1. The van der Waals surface area contributed by atoms with Crippen LogP contribution in [-0.2, 0) is 0 Å². The Morgan fingerprint density at radius 2 is 2.18 bits per heavy atom. The minimum Gasteiger partial charge on any atom is -0.326 e. The van der Waals surface area contributed by atoms with Crippen LogP contribution in [0.25, 0.3) is 0 Å². The van der Waals surface area contributed by atoms with E-state index < -0.39 is 0 Å². The van der Waals surface area contributed by atoms with Gasteiger partial charge in [0, 0.05) is 23.5 Å². The second-order valence-corrected chi connectivity index (χ2v) is 6.67. The van der Waals surface area contributed by atoms with Crippen LogP contribution in [0.4, 0.5) is 0 Å². The fourth-order valence-electron chi connectivity index (χ4n) is 2.68. The summed E-state index contributed by atoms with van der Waals surface area (Å²) in [6.45, 7) is 3.43. The molecular weight excluding hydrogens is 228 g/mol. The molecule has 0 radical (unpaired) electrons. The maximum atomic E-state index is 6.26. The summed E-state index contributed by atoms with van der Waals surface area (Å²) in [4.78, 5) is 4.15. The van der Waals surface area contributed by atoms with Crippen molar-refractivity contribution in [2.24, 2.45) is 11.7 Å². The molecule has 0 spiro atoms. The Morgan fingerprint density at radius 3 is 2.65 bits per heavy atom. The fraction of sp³-hybridized carbons (Fsp3) is 0.714. The van der Waals surface area contributed by atoms with Gasteiger partial charge >= 0.3 is 0 Å². The molecule has 1 heterocycles. The van der Waals surface area contributed by atoms with Gasteiger partial charge in [-0.15, -0.1) is 11.3 Å². The van der Waals surface area contributed by atoms with Crippen molar-refractivity contribution in [3.8, 4) is 0 Å². The largest absolute Gasteiger partial charge is 0.326 e. The van der Waals surface area contributed by atoms with Crippen molar-refractivity contribution in [2.75, 3.05) is 6.54 Å². The molecule has 2 unspecified atom stereocenters. The summed E-state index contributed by atoms with van der Waals surface area (Å²) in [5.74, 6) is 0.955. The van der Waals surface area contributed by atoms with E-state index in [0.29, 0.717) is 6.04 Å². The molecule has 2 aliphatic rings. The topological polar surface area (TPSA) is 29.3 Å². The third kappa shape index (κ3) is 2.72. The van der Waals surface area contributed by atoms with E-state index in [4.69, 9.17) is 5.73 Å². The Balaban J connectivity index is 1.79. The molecule has 2 nitrogen and oxygen atoms in total. The first kappa shape index (κ1) is 11.7. The maximum absolute atomic E-state index is 6.26. The molecule has 1 aromatic rings. The first-order valence-corrected chi connectivity index (χ1v) is 7.68. The molecule has 2 atom stereocenters. The van der Waals surface area contributed by atoms with E-state index in [2.05, 4.69) is 29.3 Å². The molecule has 0 amide bonds. The van der Waals surface area contributed by atoms with Crippen molar-refractivity contribution in [2.45, 2.75) is 50.7 Å². The van der Waals surface area contributed by atoms with Crippen molar-refractivity contribution in [1.82, 2.24) is 4.90 Å². The summed E-state index contributed by atoms with van der Waals surface area (Å²) in [6, 6.07) is 5.89. The minimum atomic E-state index is 0.230. The highest BCUT2D eigenvalue weighted by molar-refractivity contribution is 7.10. The van der Waals surface area contributed by atoms with Crippen molar-refractivity contribution >= 4 is 11.3 Å². The van der Waals surface area contributed by atoms with E-state index in [-0.39, 0.29) is 6.04 Å². The number of hydrogen-bond donors (Lipinski definition) is 1. The fourth-order valence-corrected chi connectivity index (χ4v) is 3.64. The molecule has 2 N–H and O–H groups in total. The van der Waals surface area contributed by atoms with Crippen molar-refractivity contribution in [3.63, 3.8) is 0 Å². The average Bonchev–Trinajstić information content (AvgIpc) is 3.18. The summed E-state index contributed by atoms with van der Waals surface area (Å²) >= 11 is 1.86.